The molecule has 0 aliphatic heterocycles. The number of carbonyl (C=O) groups excluding carboxylic acids is 1. The zero-order valence-electron chi connectivity index (χ0n) is 10.5. The van der Waals surface area contributed by atoms with Crippen LogP contribution in [0.4, 0.5) is 0 Å². The Labute approximate surface area is 113 Å². The van der Waals surface area contributed by atoms with Crippen molar-refractivity contribution < 1.29 is 9.53 Å². The minimum Gasteiger partial charge on any atom is -0.489 e. The van der Waals surface area contributed by atoms with Crippen LogP contribution in [0.2, 0.25) is 0 Å². The molecule has 0 aliphatic carbocycles. The van der Waals surface area contributed by atoms with E-state index < -0.39 is 0 Å². The minimum atomic E-state index is -0.0624. The van der Waals surface area contributed by atoms with Crippen molar-refractivity contribution in [1.82, 2.24) is 0 Å². The zero-order valence-corrected chi connectivity index (χ0v) is 10.5. The summed E-state index contributed by atoms with van der Waals surface area (Å²) in [7, 11) is 0. The van der Waals surface area contributed by atoms with Crippen LogP contribution in [0.15, 0.2) is 54.6 Å². The lowest BCUT2D eigenvalue weighted by Gasteiger charge is -2.07. The van der Waals surface area contributed by atoms with Crippen LogP contribution in [0.5, 0.6) is 5.75 Å². The van der Waals surface area contributed by atoms with Crippen molar-refractivity contribution in [3.63, 3.8) is 0 Å². The summed E-state index contributed by atoms with van der Waals surface area (Å²) in [6.07, 6.45) is 5.25. The van der Waals surface area contributed by atoms with E-state index in [1.54, 1.807) is 18.2 Å². The number of benzene rings is 2. The van der Waals surface area contributed by atoms with Crippen molar-refractivity contribution in [2.24, 2.45) is 0 Å². The molecule has 0 bridgehead atoms. The third kappa shape index (κ3) is 3.72. The molecule has 2 heteroatoms. The molecule has 0 saturated carbocycles. The third-order valence-electron chi connectivity index (χ3n) is 2.67. The smallest absolute Gasteiger partial charge is 0.174 e. The average Bonchev–Trinajstić information content (AvgIpc) is 2.47. The molecule has 0 saturated heterocycles. The molecular formula is C17H14O2. The average molecular weight is 250 g/mol. The SMILES string of the molecule is C#CCC(=O)c1cccc(OCc2ccccc2)c1. The number of hydrogen-bond acceptors (Lipinski definition) is 2. The highest BCUT2D eigenvalue weighted by Gasteiger charge is 2.05. The van der Waals surface area contributed by atoms with Crippen molar-refractivity contribution in [1.29, 1.82) is 0 Å². The number of rotatable bonds is 5. The number of Topliss-reactive ketones (excluding diaryl/α,β-unsaturated/α-hetero) is 1. The lowest BCUT2D eigenvalue weighted by Crippen LogP contribution is -1.99. The highest BCUT2D eigenvalue weighted by atomic mass is 16.5. The molecule has 19 heavy (non-hydrogen) atoms. The van der Waals surface area contributed by atoms with Crippen molar-refractivity contribution in [3.05, 3.63) is 65.7 Å². The molecule has 0 fully saturated rings. The Morgan fingerprint density at radius 3 is 2.63 bits per heavy atom. The Morgan fingerprint density at radius 2 is 1.89 bits per heavy atom. The van der Waals surface area contributed by atoms with E-state index in [1.807, 2.05) is 36.4 Å². The molecule has 0 amide bonds. The van der Waals surface area contributed by atoms with Crippen LogP contribution >= 0.6 is 0 Å². The maximum Gasteiger partial charge on any atom is 0.174 e. The second kappa shape index (κ2) is 6.42. The highest BCUT2D eigenvalue weighted by molar-refractivity contribution is 5.97. The molecule has 0 aliphatic rings. The molecular weight excluding hydrogens is 236 g/mol. The van der Waals surface area contributed by atoms with E-state index in [2.05, 4.69) is 5.92 Å². The molecule has 0 radical (unpaired) electrons. The number of terminal acetylenes is 1. The van der Waals surface area contributed by atoms with E-state index in [4.69, 9.17) is 11.2 Å². The van der Waals surface area contributed by atoms with E-state index in [0.29, 0.717) is 17.9 Å². The first-order valence-corrected chi connectivity index (χ1v) is 6.03. The number of hydrogen-bond donors (Lipinski definition) is 0. The van der Waals surface area contributed by atoms with E-state index in [0.717, 1.165) is 5.56 Å². The van der Waals surface area contributed by atoms with Gasteiger partial charge in [-0.25, -0.2) is 0 Å². The molecule has 2 nitrogen and oxygen atoms in total. The van der Waals surface area contributed by atoms with Gasteiger partial charge in [-0.2, -0.15) is 0 Å². The summed E-state index contributed by atoms with van der Waals surface area (Å²) in [5.74, 6) is 2.96. The fourth-order valence-electron chi connectivity index (χ4n) is 1.69. The Balaban J connectivity index is 2.04. The first-order valence-electron chi connectivity index (χ1n) is 6.03. The minimum absolute atomic E-state index is 0.0624. The van der Waals surface area contributed by atoms with Crippen LogP contribution < -0.4 is 4.74 Å². The van der Waals surface area contributed by atoms with Gasteiger partial charge in [0.15, 0.2) is 5.78 Å². The summed E-state index contributed by atoms with van der Waals surface area (Å²) in [5.41, 5.74) is 1.67. The highest BCUT2D eigenvalue weighted by Crippen LogP contribution is 2.16. The van der Waals surface area contributed by atoms with Gasteiger partial charge in [-0.1, -0.05) is 48.4 Å². The fourth-order valence-corrected chi connectivity index (χ4v) is 1.69. The molecule has 2 aromatic carbocycles. The molecule has 0 heterocycles. The topological polar surface area (TPSA) is 26.3 Å². The quantitative estimate of drug-likeness (QED) is 0.600. The van der Waals surface area contributed by atoms with Gasteiger partial charge in [0.05, 0.1) is 6.42 Å². The molecule has 0 aromatic heterocycles. The number of ether oxygens (including phenoxy) is 1. The van der Waals surface area contributed by atoms with Crippen molar-refractivity contribution in [2.75, 3.05) is 0 Å². The summed E-state index contributed by atoms with van der Waals surface area (Å²) >= 11 is 0. The molecule has 94 valence electrons. The molecule has 0 spiro atoms. The molecule has 2 rings (SSSR count). The van der Waals surface area contributed by atoms with Crippen LogP contribution in [-0.2, 0) is 6.61 Å². The van der Waals surface area contributed by atoms with Gasteiger partial charge in [0.25, 0.3) is 0 Å². The predicted molar refractivity (Wildman–Crippen MR) is 75.0 cm³/mol. The van der Waals surface area contributed by atoms with Crippen LogP contribution in [0.25, 0.3) is 0 Å². The summed E-state index contributed by atoms with van der Waals surface area (Å²) in [4.78, 5) is 11.7. The Morgan fingerprint density at radius 1 is 1.11 bits per heavy atom. The third-order valence-corrected chi connectivity index (χ3v) is 2.67. The summed E-state index contributed by atoms with van der Waals surface area (Å²) in [5, 5.41) is 0. The molecule has 0 atom stereocenters. The summed E-state index contributed by atoms with van der Waals surface area (Å²) in [6, 6.07) is 17.0. The van der Waals surface area contributed by atoms with Gasteiger partial charge < -0.3 is 4.74 Å². The standard InChI is InChI=1S/C17H14O2/c1-2-7-17(18)15-10-6-11-16(12-15)19-13-14-8-4-3-5-9-14/h1,3-6,8-12H,7,13H2. The van der Waals surface area contributed by atoms with Crippen LogP contribution in [0.1, 0.15) is 22.3 Å². The van der Waals surface area contributed by atoms with Gasteiger partial charge in [-0.15, -0.1) is 6.42 Å². The normalized spacial score (nSPS) is 9.63. The fraction of sp³-hybridized carbons (Fsp3) is 0.118. The first kappa shape index (κ1) is 12.9. The van der Waals surface area contributed by atoms with E-state index in [9.17, 15) is 4.79 Å². The maximum absolute atomic E-state index is 11.7. The second-order valence-electron chi connectivity index (χ2n) is 4.11. The van der Waals surface area contributed by atoms with Gasteiger partial charge in [0.2, 0.25) is 0 Å². The summed E-state index contributed by atoms with van der Waals surface area (Å²) < 4.78 is 5.66. The zero-order chi connectivity index (χ0) is 13.5. The lowest BCUT2D eigenvalue weighted by molar-refractivity contribution is 0.0997. The Bertz CT molecular complexity index is 594. The number of ketones is 1. The monoisotopic (exact) mass is 250 g/mol. The van der Waals surface area contributed by atoms with Crippen molar-refractivity contribution in [2.45, 2.75) is 13.0 Å². The van der Waals surface area contributed by atoms with E-state index in [1.165, 1.54) is 0 Å². The van der Waals surface area contributed by atoms with Crippen molar-refractivity contribution >= 4 is 5.78 Å². The van der Waals surface area contributed by atoms with Gasteiger partial charge in [0, 0.05) is 5.56 Å². The van der Waals surface area contributed by atoms with E-state index >= 15 is 0 Å². The maximum atomic E-state index is 11.7. The van der Waals surface area contributed by atoms with Gasteiger partial charge in [-0.3, -0.25) is 4.79 Å². The van der Waals surface area contributed by atoms with Crippen molar-refractivity contribution in [3.8, 4) is 18.1 Å². The second-order valence-corrected chi connectivity index (χ2v) is 4.11. The first-order chi connectivity index (χ1) is 9.29. The molecule has 0 unspecified atom stereocenters. The van der Waals surface area contributed by atoms with Crippen LogP contribution in [-0.4, -0.2) is 5.78 Å². The van der Waals surface area contributed by atoms with Crippen LogP contribution in [0, 0.1) is 12.3 Å². The van der Waals surface area contributed by atoms with E-state index in [-0.39, 0.29) is 12.2 Å². The number of carbonyl (C=O) groups is 1. The predicted octanol–water partition coefficient (Wildman–Crippen LogP) is 3.47. The van der Waals surface area contributed by atoms with Gasteiger partial charge in [-0.05, 0) is 17.7 Å². The Kier molecular flexibility index (Phi) is 4.36. The largest absolute Gasteiger partial charge is 0.489 e. The van der Waals surface area contributed by atoms with Gasteiger partial charge >= 0.3 is 0 Å². The Hall–Kier alpha value is -2.53. The van der Waals surface area contributed by atoms with Gasteiger partial charge in [0.1, 0.15) is 12.4 Å². The molecule has 2 aromatic rings. The summed E-state index contributed by atoms with van der Waals surface area (Å²) in [6.45, 7) is 0.480. The lowest BCUT2D eigenvalue weighted by atomic mass is 10.1. The van der Waals surface area contributed by atoms with Crippen LogP contribution in [0.3, 0.4) is 0 Å². The molecule has 0 N–H and O–H groups in total.